The quantitative estimate of drug-likeness (QED) is 0.842. The van der Waals surface area contributed by atoms with Crippen molar-refractivity contribution in [3.05, 3.63) is 53.1 Å². The van der Waals surface area contributed by atoms with E-state index >= 15 is 0 Å². The number of hydrogen-bond acceptors (Lipinski definition) is 4. The van der Waals surface area contributed by atoms with Crippen LogP contribution >= 0.6 is 0 Å². The van der Waals surface area contributed by atoms with Crippen LogP contribution in [0.2, 0.25) is 0 Å². The molecule has 124 valence electrons. The highest BCUT2D eigenvalue weighted by Gasteiger charge is 2.44. The third-order valence-electron chi connectivity index (χ3n) is 4.37. The maximum absolute atomic E-state index is 13.3. The van der Waals surface area contributed by atoms with Gasteiger partial charge >= 0.3 is 6.29 Å². The van der Waals surface area contributed by atoms with Gasteiger partial charge in [0.1, 0.15) is 11.5 Å². The van der Waals surface area contributed by atoms with Crippen LogP contribution in [0.1, 0.15) is 29.0 Å². The minimum atomic E-state index is -3.67. The summed E-state index contributed by atoms with van der Waals surface area (Å²) in [6, 6.07) is 10.4. The minimum Gasteiger partial charge on any atom is -0.496 e. The molecule has 2 aliphatic rings. The van der Waals surface area contributed by atoms with E-state index < -0.39 is 6.29 Å². The second kappa shape index (κ2) is 5.19. The van der Waals surface area contributed by atoms with E-state index in [9.17, 15) is 13.6 Å². The van der Waals surface area contributed by atoms with Gasteiger partial charge in [-0.3, -0.25) is 4.79 Å². The number of carbonyl (C=O) groups is 1. The van der Waals surface area contributed by atoms with Gasteiger partial charge in [-0.2, -0.15) is 0 Å². The second-order valence-corrected chi connectivity index (χ2v) is 5.88. The molecule has 0 N–H and O–H groups in total. The van der Waals surface area contributed by atoms with E-state index in [1.807, 2.05) is 24.3 Å². The minimum absolute atomic E-state index is 0.00648. The Hall–Kier alpha value is -2.63. The third-order valence-corrected chi connectivity index (χ3v) is 4.37. The Kier molecular flexibility index (Phi) is 3.23. The highest BCUT2D eigenvalue weighted by molar-refractivity contribution is 5.85. The summed E-state index contributed by atoms with van der Waals surface area (Å²) in [6.45, 7) is 0. The van der Waals surface area contributed by atoms with Gasteiger partial charge in [-0.1, -0.05) is 18.2 Å². The molecule has 6 heteroatoms. The zero-order valence-electron chi connectivity index (χ0n) is 12.8. The van der Waals surface area contributed by atoms with E-state index in [-0.39, 0.29) is 29.6 Å². The highest BCUT2D eigenvalue weighted by Crippen LogP contribution is 2.47. The standard InChI is InChI=1S/C18H14F2O4/c1-22-15-5-3-2-4-12(15)14-8-11(21)6-10-7-16-17(9-13(10)14)24-18(19,20)23-16/h2-5,7,9,14H,6,8H2,1H3. The van der Waals surface area contributed by atoms with Crippen LogP contribution in [0.3, 0.4) is 0 Å². The van der Waals surface area contributed by atoms with Gasteiger partial charge in [0.2, 0.25) is 0 Å². The smallest absolute Gasteiger partial charge is 0.496 e. The number of Topliss-reactive ketones (excluding diaryl/α,β-unsaturated/α-hetero) is 1. The first kappa shape index (κ1) is 14.9. The Labute approximate surface area is 136 Å². The molecule has 0 amide bonds. The number of carbonyl (C=O) groups excluding carboxylic acids is 1. The normalized spacial score (nSPS) is 20.6. The van der Waals surface area contributed by atoms with Crippen molar-refractivity contribution in [1.82, 2.24) is 0 Å². The summed E-state index contributed by atoms with van der Waals surface area (Å²) >= 11 is 0. The molecule has 0 spiro atoms. The maximum atomic E-state index is 13.3. The lowest BCUT2D eigenvalue weighted by Gasteiger charge is -2.26. The fourth-order valence-electron chi connectivity index (χ4n) is 3.39. The van der Waals surface area contributed by atoms with Crippen LogP contribution in [0.5, 0.6) is 17.2 Å². The molecule has 1 unspecified atom stereocenters. The molecule has 4 rings (SSSR count). The first-order valence-corrected chi connectivity index (χ1v) is 7.54. The molecule has 0 bridgehead atoms. The summed E-state index contributed by atoms with van der Waals surface area (Å²) in [5.74, 6) is 0.399. The van der Waals surface area contributed by atoms with Crippen molar-refractivity contribution in [2.45, 2.75) is 25.1 Å². The number of alkyl halides is 2. The summed E-state index contributed by atoms with van der Waals surface area (Å²) in [5, 5.41) is 0. The number of rotatable bonds is 2. The molecular weight excluding hydrogens is 318 g/mol. The van der Waals surface area contributed by atoms with Crippen LogP contribution in [0, 0.1) is 0 Å². The SMILES string of the molecule is COc1ccccc1C1CC(=O)Cc2cc3c(cc21)OC(F)(F)O3. The molecule has 1 atom stereocenters. The van der Waals surface area contributed by atoms with Crippen LogP contribution in [0.15, 0.2) is 36.4 Å². The van der Waals surface area contributed by atoms with Gasteiger partial charge in [-0.05, 0) is 29.3 Å². The van der Waals surface area contributed by atoms with E-state index in [0.717, 1.165) is 11.1 Å². The fraction of sp³-hybridized carbons (Fsp3) is 0.278. The summed E-state index contributed by atoms with van der Waals surface area (Å²) in [5.41, 5.74) is 2.32. The van der Waals surface area contributed by atoms with E-state index in [4.69, 9.17) is 4.74 Å². The summed E-state index contributed by atoms with van der Waals surface area (Å²) in [7, 11) is 1.56. The number of halogens is 2. The van der Waals surface area contributed by atoms with Crippen molar-refractivity contribution in [2.24, 2.45) is 0 Å². The van der Waals surface area contributed by atoms with E-state index in [2.05, 4.69) is 9.47 Å². The Morgan fingerprint density at radius 1 is 1.12 bits per heavy atom. The Bertz CT molecular complexity index is 832. The Morgan fingerprint density at radius 3 is 2.58 bits per heavy atom. The zero-order valence-corrected chi connectivity index (χ0v) is 12.8. The van der Waals surface area contributed by atoms with Crippen molar-refractivity contribution in [3.8, 4) is 17.2 Å². The number of ether oxygens (including phenoxy) is 3. The zero-order chi connectivity index (χ0) is 16.9. The molecule has 0 radical (unpaired) electrons. The molecule has 2 aromatic carbocycles. The van der Waals surface area contributed by atoms with Crippen molar-refractivity contribution in [1.29, 1.82) is 0 Å². The molecule has 24 heavy (non-hydrogen) atoms. The van der Waals surface area contributed by atoms with Gasteiger partial charge in [0.15, 0.2) is 11.5 Å². The molecule has 0 fully saturated rings. The lowest BCUT2D eigenvalue weighted by Crippen LogP contribution is -2.25. The van der Waals surface area contributed by atoms with Crippen LogP contribution in [-0.2, 0) is 11.2 Å². The molecule has 1 aliphatic heterocycles. The molecule has 0 aromatic heterocycles. The summed E-state index contributed by atoms with van der Waals surface area (Å²) in [4.78, 5) is 12.2. The molecule has 1 heterocycles. The topological polar surface area (TPSA) is 44.8 Å². The Morgan fingerprint density at radius 2 is 1.83 bits per heavy atom. The summed E-state index contributed by atoms with van der Waals surface area (Å²) < 4.78 is 41.0. The van der Waals surface area contributed by atoms with Gasteiger partial charge < -0.3 is 14.2 Å². The van der Waals surface area contributed by atoms with Gasteiger partial charge in [0.25, 0.3) is 0 Å². The maximum Gasteiger partial charge on any atom is 0.586 e. The number of methoxy groups -OCH3 is 1. The van der Waals surface area contributed by atoms with Gasteiger partial charge in [-0.15, -0.1) is 8.78 Å². The van der Waals surface area contributed by atoms with Crippen LogP contribution < -0.4 is 14.2 Å². The molecule has 0 saturated heterocycles. The van der Waals surface area contributed by atoms with Gasteiger partial charge in [-0.25, -0.2) is 0 Å². The molecule has 0 saturated carbocycles. The number of hydrogen-bond donors (Lipinski definition) is 0. The second-order valence-electron chi connectivity index (χ2n) is 5.88. The van der Waals surface area contributed by atoms with Crippen LogP contribution in [-0.4, -0.2) is 19.2 Å². The number of ketones is 1. The van der Waals surface area contributed by atoms with E-state index in [1.165, 1.54) is 6.07 Å². The highest BCUT2D eigenvalue weighted by atomic mass is 19.3. The van der Waals surface area contributed by atoms with Crippen molar-refractivity contribution < 1.29 is 27.8 Å². The van der Waals surface area contributed by atoms with Crippen LogP contribution in [0.4, 0.5) is 8.78 Å². The average molecular weight is 332 g/mol. The largest absolute Gasteiger partial charge is 0.586 e. The van der Waals surface area contributed by atoms with Gasteiger partial charge in [0, 0.05) is 24.3 Å². The number of fused-ring (bicyclic) bond motifs is 2. The van der Waals surface area contributed by atoms with E-state index in [1.54, 1.807) is 13.2 Å². The third kappa shape index (κ3) is 2.38. The molecule has 2 aromatic rings. The molecular formula is C18H14F2O4. The van der Waals surface area contributed by atoms with Crippen LogP contribution in [0.25, 0.3) is 0 Å². The molecule has 1 aliphatic carbocycles. The predicted molar refractivity (Wildman–Crippen MR) is 80.8 cm³/mol. The van der Waals surface area contributed by atoms with Gasteiger partial charge in [0.05, 0.1) is 7.11 Å². The lowest BCUT2D eigenvalue weighted by molar-refractivity contribution is -0.286. The summed E-state index contributed by atoms with van der Waals surface area (Å²) in [6.07, 6.45) is -3.18. The van der Waals surface area contributed by atoms with Crippen molar-refractivity contribution in [3.63, 3.8) is 0 Å². The number of para-hydroxylation sites is 1. The van der Waals surface area contributed by atoms with Crippen molar-refractivity contribution in [2.75, 3.05) is 7.11 Å². The average Bonchev–Trinajstić information content (AvgIpc) is 2.84. The first-order chi connectivity index (χ1) is 11.5. The molecule has 4 nitrogen and oxygen atoms in total. The monoisotopic (exact) mass is 332 g/mol. The predicted octanol–water partition coefficient (Wildman–Crippen LogP) is 3.66. The first-order valence-electron chi connectivity index (χ1n) is 7.54. The van der Waals surface area contributed by atoms with E-state index in [0.29, 0.717) is 17.7 Å². The Balaban J connectivity index is 1.84. The van der Waals surface area contributed by atoms with Crippen molar-refractivity contribution >= 4 is 5.78 Å². The lowest BCUT2D eigenvalue weighted by atomic mass is 9.78. The number of benzene rings is 2. The fourth-order valence-corrected chi connectivity index (χ4v) is 3.39.